The molecule has 1 amide bonds. The van der Waals surface area contributed by atoms with Crippen molar-refractivity contribution in [2.45, 2.75) is 18.9 Å². The van der Waals surface area contributed by atoms with E-state index in [1.165, 1.54) is 24.3 Å². The molecule has 0 atom stereocenters. The predicted octanol–water partition coefficient (Wildman–Crippen LogP) is 4.25. The molecule has 0 saturated carbocycles. The van der Waals surface area contributed by atoms with Crippen LogP contribution in [0, 0.1) is 11.6 Å². The second-order valence-corrected chi connectivity index (χ2v) is 6.68. The normalized spacial score (nSPS) is 16.2. The van der Waals surface area contributed by atoms with Crippen molar-refractivity contribution < 1.29 is 13.6 Å². The van der Waals surface area contributed by atoms with E-state index in [2.05, 4.69) is 20.9 Å². The highest BCUT2D eigenvalue weighted by molar-refractivity contribution is 9.09. The molecule has 0 aromatic heterocycles. The second kappa shape index (κ2) is 7.04. The Kier molecular flexibility index (Phi) is 4.99. The third-order valence-electron chi connectivity index (χ3n) is 4.31. The zero-order valence-electron chi connectivity index (χ0n) is 13.7. The fourth-order valence-corrected chi connectivity index (χ4v) is 3.35. The number of carbonyl (C=O) groups is 1. The van der Waals surface area contributed by atoms with E-state index >= 15 is 0 Å². The van der Waals surface area contributed by atoms with Gasteiger partial charge in [-0.05, 0) is 48.7 Å². The fourth-order valence-electron chi connectivity index (χ4n) is 3.10. The minimum absolute atomic E-state index is 0.204. The lowest BCUT2D eigenvalue weighted by atomic mass is 9.83. The monoisotopic (exact) mass is 406 g/mol. The molecule has 1 aliphatic heterocycles. The van der Waals surface area contributed by atoms with E-state index in [4.69, 9.17) is 0 Å². The van der Waals surface area contributed by atoms with Gasteiger partial charge in [0.2, 0.25) is 0 Å². The van der Waals surface area contributed by atoms with Crippen LogP contribution in [0.15, 0.2) is 53.5 Å². The Morgan fingerprint density at radius 1 is 1.00 bits per heavy atom. The molecule has 3 nitrogen and oxygen atoms in total. The Balaban J connectivity index is 2.15. The van der Waals surface area contributed by atoms with Crippen LogP contribution in [0.4, 0.5) is 8.78 Å². The van der Waals surface area contributed by atoms with Crippen LogP contribution in [0.5, 0.6) is 0 Å². The van der Waals surface area contributed by atoms with Crippen LogP contribution in [-0.2, 0) is 10.3 Å². The average Bonchev–Trinajstić information content (AvgIpc) is 2.86. The molecule has 2 aromatic rings. The molecule has 130 valence electrons. The van der Waals surface area contributed by atoms with Gasteiger partial charge in [0.25, 0.3) is 5.91 Å². The van der Waals surface area contributed by atoms with E-state index in [-0.39, 0.29) is 17.5 Å². The van der Waals surface area contributed by atoms with Gasteiger partial charge in [0, 0.05) is 11.9 Å². The molecule has 0 N–H and O–H groups in total. The molecule has 0 saturated heterocycles. The number of amides is 1. The number of aliphatic imine (C=N–C) groups is 1. The first-order chi connectivity index (χ1) is 12.0. The van der Waals surface area contributed by atoms with Crippen molar-refractivity contribution in [2.75, 3.05) is 11.9 Å². The topological polar surface area (TPSA) is 32.7 Å². The van der Waals surface area contributed by atoms with Crippen molar-refractivity contribution >= 4 is 27.7 Å². The second-order valence-electron chi connectivity index (χ2n) is 5.88. The molecule has 1 aliphatic rings. The molecular formula is C19H17BrF2N2O. The van der Waals surface area contributed by atoms with Crippen molar-refractivity contribution in [1.29, 1.82) is 0 Å². The van der Waals surface area contributed by atoms with Crippen LogP contribution in [0.3, 0.4) is 0 Å². The van der Waals surface area contributed by atoms with E-state index in [0.717, 1.165) is 11.8 Å². The maximum absolute atomic E-state index is 13.4. The maximum atomic E-state index is 13.4. The minimum atomic E-state index is -1.31. The van der Waals surface area contributed by atoms with Gasteiger partial charge in [-0.25, -0.2) is 13.8 Å². The van der Waals surface area contributed by atoms with Crippen LogP contribution in [-0.4, -0.2) is 28.5 Å². The Morgan fingerprint density at radius 3 is 1.92 bits per heavy atom. The van der Waals surface area contributed by atoms with Gasteiger partial charge in [-0.2, -0.15) is 0 Å². The van der Waals surface area contributed by atoms with Crippen LogP contribution < -0.4 is 0 Å². The molecule has 2 aromatic carbocycles. The number of amidine groups is 1. The van der Waals surface area contributed by atoms with Crippen LogP contribution in [0.1, 0.15) is 24.5 Å². The van der Waals surface area contributed by atoms with Gasteiger partial charge >= 0.3 is 0 Å². The van der Waals surface area contributed by atoms with Crippen molar-refractivity contribution in [3.8, 4) is 0 Å². The molecule has 0 fully saturated rings. The van der Waals surface area contributed by atoms with Crippen molar-refractivity contribution in [2.24, 2.45) is 4.99 Å². The molecule has 6 heteroatoms. The third kappa shape index (κ3) is 3.11. The standard InChI is InChI=1S/C19H17BrF2N2O/c1-13-23-19(14-3-7-16(21)8-4-14,15-5-9-17(22)10-6-15)18(25)24(13)12-2-11-20/h3-10H,2,11-12H2,1H3. The number of rotatable bonds is 5. The van der Waals surface area contributed by atoms with Gasteiger partial charge in [0.15, 0.2) is 5.54 Å². The summed E-state index contributed by atoms with van der Waals surface area (Å²) in [5.74, 6) is -0.385. The van der Waals surface area contributed by atoms with Crippen molar-refractivity contribution in [3.63, 3.8) is 0 Å². The van der Waals surface area contributed by atoms with Gasteiger partial charge < -0.3 is 0 Å². The highest BCUT2D eigenvalue weighted by Gasteiger charge is 2.49. The first kappa shape index (κ1) is 17.7. The Labute approximate surface area is 153 Å². The average molecular weight is 407 g/mol. The number of hydrogen-bond donors (Lipinski definition) is 0. The van der Waals surface area contributed by atoms with Gasteiger partial charge in [0.05, 0.1) is 0 Å². The molecule has 0 radical (unpaired) electrons. The van der Waals surface area contributed by atoms with Crippen LogP contribution in [0.25, 0.3) is 0 Å². The molecule has 0 spiro atoms. The number of halogens is 3. The van der Waals surface area contributed by atoms with Crippen molar-refractivity contribution in [3.05, 3.63) is 71.3 Å². The summed E-state index contributed by atoms with van der Waals surface area (Å²) in [5, 5.41) is 0.768. The molecule has 0 bridgehead atoms. The summed E-state index contributed by atoms with van der Waals surface area (Å²) in [6.45, 7) is 2.31. The fraction of sp³-hybridized carbons (Fsp3) is 0.263. The summed E-state index contributed by atoms with van der Waals surface area (Å²) in [6.07, 6.45) is 0.779. The van der Waals surface area contributed by atoms with Gasteiger partial charge in [0.1, 0.15) is 17.5 Å². The summed E-state index contributed by atoms with van der Waals surface area (Å²) in [7, 11) is 0. The maximum Gasteiger partial charge on any atom is 0.265 e. The van der Waals surface area contributed by atoms with Gasteiger partial charge in [-0.15, -0.1) is 0 Å². The molecule has 0 unspecified atom stereocenters. The lowest BCUT2D eigenvalue weighted by molar-refractivity contribution is -0.130. The Hall–Kier alpha value is -2.08. The minimum Gasteiger partial charge on any atom is -0.298 e. The Morgan fingerprint density at radius 2 is 1.48 bits per heavy atom. The Bertz CT molecular complexity index is 758. The van der Waals surface area contributed by atoms with Gasteiger partial charge in [-0.3, -0.25) is 9.69 Å². The highest BCUT2D eigenvalue weighted by atomic mass is 79.9. The van der Waals surface area contributed by atoms with Gasteiger partial charge in [-0.1, -0.05) is 40.2 Å². The number of alkyl halides is 1. The lowest BCUT2D eigenvalue weighted by Gasteiger charge is -2.27. The quantitative estimate of drug-likeness (QED) is 0.682. The molecule has 1 heterocycles. The molecule has 3 rings (SSSR count). The SMILES string of the molecule is CC1=NC(c2ccc(F)cc2)(c2ccc(F)cc2)C(=O)N1CCCBr. The summed E-state index contributed by atoms with van der Waals surface area (Å²) < 4.78 is 26.8. The number of benzene rings is 2. The number of nitrogens with zero attached hydrogens (tertiary/aromatic N) is 2. The van der Waals surface area contributed by atoms with Crippen LogP contribution in [0.2, 0.25) is 0 Å². The van der Waals surface area contributed by atoms with E-state index in [1.54, 1.807) is 36.1 Å². The molecule has 25 heavy (non-hydrogen) atoms. The smallest absolute Gasteiger partial charge is 0.265 e. The zero-order chi connectivity index (χ0) is 18.0. The van der Waals surface area contributed by atoms with E-state index in [1.807, 2.05) is 0 Å². The highest BCUT2D eigenvalue weighted by Crippen LogP contribution is 2.40. The lowest BCUT2D eigenvalue weighted by Crippen LogP contribution is -2.41. The number of hydrogen-bond acceptors (Lipinski definition) is 2. The third-order valence-corrected chi connectivity index (χ3v) is 4.87. The summed E-state index contributed by atoms with van der Waals surface area (Å²) in [4.78, 5) is 19.6. The van der Waals surface area contributed by atoms with Crippen molar-refractivity contribution in [1.82, 2.24) is 4.90 Å². The zero-order valence-corrected chi connectivity index (χ0v) is 15.3. The van der Waals surface area contributed by atoms with E-state index in [0.29, 0.717) is 23.5 Å². The first-order valence-electron chi connectivity index (χ1n) is 7.95. The van der Waals surface area contributed by atoms with E-state index in [9.17, 15) is 13.6 Å². The molecule has 0 aliphatic carbocycles. The number of carbonyl (C=O) groups excluding carboxylic acids is 1. The summed E-state index contributed by atoms with van der Waals surface area (Å²) in [5.41, 5.74) is -0.185. The van der Waals surface area contributed by atoms with E-state index < -0.39 is 5.54 Å². The first-order valence-corrected chi connectivity index (χ1v) is 9.07. The summed E-state index contributed by atoms with van der Waals surface area (Å²) in [6, 6.07) is 11.4. The predicted molar refractivity (Wildman–Crippen MR) is 96.8 cm³/mol. The van der Waals surface area contributed by atoms with Crippen LogP contribution >= 0.6 is 15.9 Å². The largest absolute Gasteiger partial charge is 0.298 e. The summed E-state index contributed by atoms with van der Waals surface area (Å²) >= 11 is 3.37. The molecular weight excluding hydrogens is 390 g/mol.